The molecule has 0 heterocycles. The summed E-state index contributed by atoms with van der Waals surface area (Å²) in [4.78, 5) is 0. The van der Waals surface area contributed by atoms with Crippen LogP contribution in [0.15, 0.2) is 24.3 Å². The molecule has 1 aromatic carbocycles. The summed E-state index contributed by atoms with van der Waals surface area (Å²) in [5.41, 5.74) is -0.319. The maximum absolute atomic E-state index is 12.4. The molecule has 0 spiro atoms. The van der Waals surface area contributed by atoms with E-state index in [1.54, 1.807) is 12.2 Å². The zero-order valence-corrected chi connectivity index (χ0v) is 9.91. The summed E-state index contributed by atoms with van der Waals surface area (Å²) < 4.78 is 37.2. The molecular weight excluding hydrogens is 257 g/mol. The smallest absolute Gasteiger partial charge is 0.179 e. The third-order valence-electron chi connectivity index (χ3n) is 1.92. The van der Waals surface area contributed by atoms with Gasteiger partial charge in [-0.2, -0.15) is 25.8 Å². The normalized spacial score (nSPS) is 12.3. The van der Waals surface area contributed by atoms with E-state index >= 15 is 0 Å². The number of thiol groups is 1. The number of benzene rings is 1. The van der Waals surface area contributed by atoms with Gasteiger partial charge in [-0.15, -0.1) is 0 Å². The monoisotopic (exact) mass is 266 g/mol. The van der Waals surface area contributed by atoms with Crippen LogP contribution in [-0.4, -0.2) is 5.75 Å². The number of rotatable bonds is 3. The fourth-order valence-corrected chi connectivity index (χ4v) is 1.46. The van der Waals surface area contributed by atoms with Crippen molar-refractivity contribution in [1.82, 2.24) is 0 Å². The Hall–Kier alpha value is -0.610. The van der Waals surface area contributed by atoms with Crippen molar-refractivity contribution in [2.45, 2.75) is 12.6 Å². The molecule has 0 saturated carbocycles. The SMILES string of the molecule is FC(F)(F)c1ccc(Cl)c(C=CCCS)c1. The highest BCUT2D eigenvalue weighted by Crippen LogP contribution is 2.32. The Morgan fingerprint density at radius 1 is 1.31 bits per heavy atom. The molecule has 88 valence electrons. The first-order chi connectivity index (χ1) is 7.45. The Morgan fingerprint density at radius 3 is 2.56 bits per heavy atom. The molecule has 0 N–H and O–H groups in total. The number of halogens is 4. The van der Waals surface area contributed by atoms with Crippen molar-refractivity contribution < 1.29 is 13.2 Å². The number of alkyl halides is 3. The number of hydrogen-bond acceptors (Lipinski definition) is 1. The average molecular weight is 267 g/mol. The van der Waals surface area contributed by atoms with E-state index in [0.29, 0.717) is 22.8 Å². The summed E-state index contributed by atoms with van der Waals surface area (Å²) in [7, 11) is 0. The quantitative estimate of drug-likeness (QED) is 0.754. The molecule has 0 atom stereocenters. The van der Waals surface area contributed by atoms with Gasteiger partial charge in [0.1, 0.15) is 0 Å². The molecule has 0 aliphatic carbocycles. The second kappa shape index (κ2) is 5.64. The van der Waals surface area contributed by atoms with Gasteiger partial charge in [0.05, 0.1) is 5.56 Å². The Kier molecular flexibility index (Phi) is 4.74. The third kappa shape index (κ3) is 3.76. The predicted molar refractivity (Wildman–Crippen MR) is 64.0 cm³/mol. The van der Waals surface area contributed by atoms with E-state index in [2.05, 4.69) is 12.6 Å². The summed E-state index contributed by atoms with van der Waals surface area (Å²) in [6.45, 7) is 0. The Bertz CT molecular complexity index is 385. The van der Waals surface area contributed by atoms with Crippen molar-refractivity contribution in [3.05, 3.63) is 40.4 Å². The molecule has 1 rings (SSSR count). The van der Waals surface area contributed by atoms with Crippen LogP contribution in [0, 0.1) is 0 Å². The molecule has 5 heteroatoms. The molecule has 0 unspecified atom stereocenters. The van der Waals surface area contributed by atoms with E-state index in [0.717, 1.165) is 12.1 Å². The third-order valence-corrected chi connectivity index (χ3v) is 2.52. The van der Waals surface area contributed by atoms with Crippen LogP contribution >= 0.6 is 24.2 Å². The molecular formula is C11H10ClF3S. The largest absolute Gasteiger partial charge is 0.416 e. The first-order valence-corrected chi connectivity index (χ1v) is 5.60. The Morgan fingerprint density at radius 2 is 2.00 bits per heavy atom. The zero-order chi connectivity index (χ0) is 12.2. The lowest BCUT2D eigenvalue weighted by atomic mass is 10.1. The summed E-state index contributed by atoms with van der Waals surface area (Å²) in [6, 6.07) is 3.26. The van der Waals surface area contributed by atoms with Crippen LogP contribution in [0.1, 0.15) is 17.5 Å². The van der Waals surface area contributed by atoms with Crippen LogP contribution in [0.4, 0.5) is 13.2 Å². The topological polar surface area (TPSA) is 0 Å². The minimum absolute atomic E-state index is 0.309. The fourth-order valence-electron chi connectivity index (χ4n) is 1.13. The molecule has 0 aliphatic rings. The highest BCUT2D eigenvalue weighted by molar-refractivity contribution is 7.80. The zero-order valence-electron chi connectivity index (χ0n) is 8.26. The van der Waals surface area contributed by atoms with Crippen LogP contribution in [0.2, 0.25) is 5.02 Å². The van der Waals surface area contributed by atoms with Gasteiger partial charge in [0.25, 0.3) is 0 Å². The lowest BCUT2D eigenvalue weighted by Gasteiger charge is -2.08. The lowest BCUT2D eigenvalue weighted by Crippen LogP contribution is -2.04. The molecule has 0 saturated heterocycles. The van der Waals surface area contributed by atoms with Gasteiger partial charge < -0.3 is 0 Å². The fraction of sp³-hybridized carbons (Fsp3) is 0.273. The molecule has 1 aromatic rings. The first-order valence-electron chi connectivity index (χ1n) is 4.59. The van der Waals surface area contributed by atoms with Crippen molar-refractivity contribution in [3.8, 4) is 0 Å². The van der Waals surface area contributed by atoms with Crippen molar-refractivity contribution in [2.24, 2.45) is 0 Å². The van der Waals surface area contributed by atoms with E-state index in [-0.39, 0.29) is 0 Å². The van der Waals surface area contributed by atoms with Gasteiger partial charge in [0.15, 0.2) is 0 Å². The van der Waals surface area contributed by atoms with E-state index in [9.17, 15) is 13.2 Å². The minimum Gasteiger partial charge on any atom is -0.179 e. The summed E-state index contributed by atoms with van der Waals surface area (Å²) in [5, 5.41) is 0.309. The van der Waals surface area contributed by atoms with E-state index in [1.807, 2.05) is 0 Å². The van der Waals surface area contributed by atoms with Gasteiger partial charge >= 0.3 is 6.18 Å². The summed E-state index contributed by atoms with van der Waals surface area (Å²) in [6.07, 6.45) is -0.325. The van der Waals surface area contributed by atoms with Gasteiger partial charge in [-0.1, -0.05) is 23.8 Å². The van der Waals surface area contributed by atoms with Gasteiger partial charge in [0, 0.05) is 5.02 Å². The van der Waals surface area contributed by atoms with Crippen LogP contribution in [0.5, 0.6) is 0 Å². The predicted octanol–water partition coefficient (Wildman–Crippen LogP) is 4.69. The standard InChI is InChI=1S/C11H10ClF3S/c12-10-5-4-9(11(13,14)15)7-8(10)3-1-2-6-16/h1,3-5,7,16H,2,6H2. The van der Waals surface area contributed by atoms with Crippen molar-refractivity contribution in [1.29, 1.82) is 0 Å². The number of allylic oxidation sites excluding steroid dienone is 1. The van der Waals surface area contributed by atoms with E-state index < -0.39 is 11.7 Å². The second-order valence-corrected chi connectivity index (χ2v) is 4.00. The van der Waals surface area contributed by atoms with Crippen LogP contribution in [-0.2, 0) is 6.18 Å². The summed E-state index contributed by atoms with van der Waals surface area (Å²) >= 11 is 9.78. The molecule has 0 nitrogen and oxygen atoms in total. The minimum atomic E-state index is -4.34. The Labute approximate surface area is 103 Å². The van der Waals surface area contributed by atoms with Gasteiger partial charge in [0.2, 0.25) is 0 Å². The average Bonchev–Trinajstić information content (AvgIpc) is 2.19. The maximum atomic E-state index is 12.4. The highest BCUT2D eigenvalue weighted by atomic mass is 35.5. The Balaban J connectivity index is 3.00. The van der Waals surface area contributed by atoms with Crippen LogP contribution < -0.4 is 0 Å². The molecule has 16 heavy (non-hydrogen) atoms. The van der Waals surface area contributed by atoms with Crippen LogP contribution in [0.3, 0.4) is 0 Å². The van der Waals surface area contributed by atoms with E-state index in [4.69, 9.17) is 11.6 Å². The maximum Gasteiger partial charge on any atom is 0.416 e. The second-order valence-electron chi connectivity index (χ2n) is 3.15. The van der Waals surface area contributed by atoms with Crippen molar-refractivity contribution in [3.63, 3.8) is 0 Å². The molecule has 0 aromatic heterocycles. The van der Waals surface area contributed by atoms with Crippen LogP contribution in [0.25, 0.3) is 6.08 Å². The number of hydrogen-bond donors (Lipinski definition) is 1. The van der Waals surface area contributed by atoms with Gasteiger partial charge in [-0.3, -0.25) is 0 Å². The van der Waals surface area contributed by atoms with Gasteiger partial charge in [-0.25, -0.2) is 0 Å². The van der Waals surface area contributed by atoms with Crippen molar-refractivity contribution in [2.75, 3.05) is 5.75 Å². The molecule has 0 aliphatic heterocycles. The van der Waals surface area contributed by atoms with Crippen molar-refractivity contribution >= 4 is 30.3 Å². The summed E-state index contributed by atoms with van der Waals surface area (Å²) in [5.74, 6) is 0.646. The molecule has 0 fully saturated rings. The highest BCUT2D eigenvalue weighted by Gasteiger charge is 2.30. The molecule has 0 bridgehead atoms. The van der Waals surface area contributed by atoms with E-state index in [1.165, 1.54) is 6.07 Å². The first kappa shape index (κ1) is 13.5. The lowest BCUT2D eigenvalue weighted by molar-refractivity contribution is -0.137. The molecule has 0 radical (unpaired) electrons. The molecule has 0 amide bonds. The van der Waals surface area contributed by atoms with Gasteiger partial charge in [-0.05, 0) is 35.9 Å².